The van der Waals surface area contributed by atoms with Crippen molar-refractivity contribution >= 4 is 17.7 Å². The molecule has 0 saturated heterocycles. The number of carbonyl (C=O) groups excluding carboxylic acids is 1. The Morgan fingerprint density at radius 2 is 1.83 bits per heavy atom. The number of carbonyl (C=O) groups is 1. The number of aromatic nitrogens is 3. The molecule has 4 rings (SSSR count). The summed E-state index contributed by atoms with van der Waals surface area (Å²) >= 11 is 1.72. The molecule has 0 spiro atoms. The van der Waals surface area contributed by atoms with E-state index in [4.69, 9.17) is 0 Å². The molecule has 1 N–H and O–H groups in total. The van der Waals surface area contributed by atoms with E-state index in [1.165, 1.54) is 23.3 Å². The Hall–Kier alpha value is -3.19. The van der Waals surface area contributed by atoms with Crippen molar-refractivity contribution in [3.8, 4) is 5.69 Å². The van der Waals surface area contributed by atoms with Gasteiger partial charge in [-0.1, -0.05) is 65.4 Å². The minimum absolute atomic E-state index is 0.000129. The number of halogens is 1. The number of allylic oxidation sites excluding steroid dienone is 3. The van der Waals surface area contributed by atoms with Crippen LogP contribution in [-0.2, 0) is 17.8 Å². The first-order valence-corrected chi connectivity index (χ1v) is 13.1. The molecule has 1 heterocycles. The second-order valence-electron chi connectivity index (χ2n) is 8.81. The lowest BCUT2D eigenvalue weighted by Gasteiger charge is -2.13. The molecular weight excluding hydrogens is 459 g/mol. The predicted octanol–water partition coefficient (Wildman–Crippen LogP) is 6.19. The van der Waals surface area contributed by atoms with Gasteiger partial charge in [0.2, 0.25) is 5.91 Å². The van der Waals surface area contributed by atoms with Gasteiger partial charge < -0.3 is 5.32 Å². The molecule has 0 saturated carbocycles. The largest absolute Gasteiger partial charge is 0.352 e. The third kappa shape index (κ3) is 7.39. The molecule has 35 heavy (non-hydrogen) atoms. The molecule has 0 radical (unpaired) electrons. The molecule has 182 valence electrons. The van der Waals surface area contributed by atoms with Gasteiger partial charge in [0.05, 0.1) is 0 Å². The maximum atomic E-state index is 13.0. The molecule has 0 unspecified atom stereocenters. The van der Waals surface area contributed by atoms with Crippen molar-refractivity contribution in [2.45, 2.75) is 57.1 Å². The molecule has 1 aromatic heterocycles. The molecule has 0 fully saturated rings. The average molecular weight is 491 g/mol. The zero-order chi connectivity index (χ0) is 24.5. The molecule has 1 aliphatic carbocycles. The summed E-state index contributed by atoms with van der Waals surface area (Å²) in [6, 6.07) is 16.4. The number of hydrogen-bond acceptors (Lipinski definition) is 4. The van der Waals surface area contributed by atoms with Crippen molar-refractivity contribution in [3.05, 3.63) is 95.1 Å². The normalized spacial score (nSPS) is 13.3. The number of nitrogens with zero attached hydrogens (tertiary/aromatic N) is 3. The van der Waals surface area contributed by atoms with E-state index in [0.29, 0.717) is 13.0 Å². The Labute approximate surface area is 210 Å². The van der Waals surface area contributed by atoms with Crippen molar-refractivity contribution in [2.24, 2.45) is 0 Å². The molecular formula is C28H31FN4OS. The first kappa shape index (κ1) is 24.9. The minimum Gasteiger partial charge on any atom is -0.352 e. The van der Waals surface area contributed by atoms with Gasteiger partial charge in [-0.25, -0.2) is 4.39 Å². The highest BCUT2D eigenvalue weighted by Crippen LogP contribution is 2.28. The van der Waals surface area contributed by atoms with Crippen molar-refractivity contribution in [1.82, 2.24) is 20.1 Å². The van der Waals surface area contributed by atoms with Crippen molar-refractivity contribution in [3.63, 3.8) is 0 Å². The van der Waals surface area contributed by atoms with Crippen LogP contribution in [0.15, 0.2) is 83.1 Å². The molecule has 1 aliphatic rings. The quantitative estimate of drug-likeness (QED) is 0.257. The van der Waals surface area contributed by atoms with Gasteiger partial charge in [0.15, 0.2) is 5.16 Å². The van der Waals surface area contributed by atoms with Gasteiger partial charge in [-0.3, -0.25) is 9.36 Å². The van der Waals surface area contributed by atoms with Crippen LogP contribution in [0.3, 0.4) is 0 Å². The fourth-order valence-electron chi connectivity index (χ4n) is 3.91. The Bertz CT molecular complexity index is 1190. The number of amides is 1. The van der Waals surface area contributed by atoms with Crippen molar-refractivity contribution < 1.29 is 9.18 Å². The average Bonchev–Trinajstić information content (AvgIpc) is 3.29. The van der Waals surface area contributed by atoms with Gasteiger partial charge in [-0.2, -0.15) is 0 Å². The molecule has 2 aromatic carbocycles. The zero-order valence-electron chi connectivity index (χ0n) is 20.0. The highest BCUT2D eigenvalue weighted by Gasteiger charge is 2.15. The number of benzene rings is 2. The van der Waals surface area contributed by atoms with Crippen LogP contribution in [0.2, 0.25) is 0 Å². The number of thioether (sulfide) groups is 1. The Kier molecular flexibility index (Phi) is 8.90. The number of para-hydroxylation sites is 1. The van der Waals surface area contributed by atoms with E-state index in [-0.39, 0.29) is 11.7 Å². The highest BCUT2D eigenvalue weighted by atomic mass is 32.2. The number of nitrogens with one attached hydrogen (secondary N) is 1. The van der Waals surface area contributed by atoms with Crippen LogP contribution in [0.25, 0.3) is 5.69 Å². The molecule has 5 nitrogen and oxygen atoms in total. The zero-order valence-corrected chi connectivity index (χ0v) is 20.9. The first-order valence-electron chi connectivity index (χ1n) is 12.1. The smallest absolute Gasteiger partial charge is 0.220 e. The lowest BCUT2D eigenvalue weighted by molar-refractivity contribution is -0.121. The topological polar surface area (TPSA) is 59.8 Å². The maximum Gasteiger partial charge on any atom is 0.220 e. The summed E-state index contributed by atoms with van der Waals surface area (Å²) in [7, 11) is 0. The maximum absolute atomic E-state index is 13.0. The lowest BCUT2D eigenvalue weighted by atomic mass is 10.0. The number of unbranched alkanes of at least 4 members (excludes halogenated alkanes) is 1. The van der Waals surface area contributed by atoms with Crippen LogP contribution < -0.4 is 5.32 Å². The summed E-state index contributed by atoms with van der Waals surface area (Å²) in [5.74, 6) is 1.55. The fourth-order valence-corrected chi connectivity index (χ4v) is 4.91. The third-order valence-electron chi connectivity index (χ3n) is 6.00. The van der Waals surface area contributed by atoms with Gasteiger partial charge >= 0.3 is 0 Å². The molecule has 0 aliphatic heterocycles. The van der Waals surface area contributed by atoms with Crippen LogP contribution >= 0.6 is 11.8 Å². The molecule has 0 bridgehead atoms. The van der Waals surface area contributed by atoms with Gasteiger partial charge in [-0.05, 0) is 62.4 Å². The van der Waals surface area contributed by atoms with Crippen LogP contribution in [0.1, 0.15) is 50.4 Å². The van der Waals surface area contributed by atoms with Gasteiger partial charge in [0.1, 0.15) is 11.6 Å². The van der Waals surface area contributed by atoms with Crippen LogP contribution in [0, 0.1) is 5.82 Å². The summed E-state index contributed by atoms with van der Waals surface area (Å²) in [4.78, 5) is 12.2. The van der Waals surface area contributed by atoms with E-state index < -0.39 is 0 Å². The summed E-state index contributed by atoms with van der Waals surface area (Å²) in [6.07, 6.45) is 9.47. The van der Waals surface area contributed by atoms with E-state index in [1.807, 2.05) is 18.2 Å². The summed E-state index contributed by atoms with van der Waals surface area (Å²) < 4.78 is 15.1. The lowest BCUT2D eigenvalue weighted by Crippen LogP contribution is -2.22. The van der Waals surface area contributed by atoms with Crippen molar-refractivity contribution in [1.29, 1.82) is 0 Å². The van der Waals surface area contributed by atoms with E-state index in [9.17, 15) is 9.18 Å². The fraction of sp³-hybridized carbons (Fsp3) is 0.321. The van der Waals surface area contributed by atoms with E-state index in [0.717, 1.165) is 60.1 Å². The molecule has 7 heteroatoms. The van der Waals surface area contributed by atoms with Gasteiger partial charge in [0, 0.05) is 30.8 Å². The second-order valence-corrected chi connectivity index (χ2v) is 9.75. The van der Waals surface area contributed by atoms with Gasteiger partial charge in [0.25, 0.3) is 0 Å². The SMILES string of the molecule is CC1=CC=C(CSc2nnc(CCCCC(=O)NCc3ccc(F)cc3)n2-c2ccccc2)CC1. The minimum atomic E-state index is -0.275. The predicted molar refractivity (Wildman–Crippen MR) is 139 cm³/mol. The number of aryl methyl sites for hydroxylation is 1. The molecule has 0 atom stereocenters. The van der Waals surface area contributed by atoms with Gasteiger partial charge in [-0.15, -0.1) is 10.2 Å². The van der Waals surface area contributed by atoms with E-state index >= 15 is 0 Å². The second kappa shape index (κ2) is 12.5. The van der Waals surface area contributed by atoms with Crippen LogP contribution in [0.5, 0.6) is 0 Å². The molecule has 1 amide bonds. The summed E-state index contributed by atoms with van der Waals surface area (Å²) in [6.45, 7) is 2.59. The number of hydrogen-bond donors (Lipinski definition) is 1. The standard InChI is InChI=1S/C28H31FN4OS/c1-21-11-13-23(14-12-21)20-35-28-32-31-26(33(28)25-7-3-2-4-8-25)9-5-6-10-27(34)30-19-22-15-17-24(29)18-16-22/h2-4,7-8,11,13,15-18H,5-6,9-10,12,14,19-20H2,1H3,(H,30,34). The van der Waals surface area contributed by atoms with Crippen molar-refractivity contribution in [2.75, 3.05) is 5.75 Å². The molecule has 3 aromatic rings. The first-order chi connectivity index (χ1) is 17.1. The Morgan fingerprint density at radius 3 is 2.57 bits per heavy atom. The highest BCUT2D eigenvalue weighted by molar-refractivity contribution is 7.99. The monoisotopic (exact) mass is 490 g/mol. The summed E-state index contributed by atoms with van der Waals surface area (Å²) in [5, 5.41) is 12.8. The van der Waals surface area contributed by atoms with Crippen LogP contribution in [-0.4, -0.2) is 26.4 Å². The Balaban J connectivity index is 1.31. The number of rotatable bonds is 11. The third-order valence-corrected chi connectivity index (χ3v) is 7.04. The van der Waals surface area contributed by atoms with E-state index in [2.05, 4.69) is 51.3 Å². The Morgan fingerprint density at radius 1 is 1.03 bits per heavy atom. The van der Waals surface area contributed by atoms with E-state index in [1.54, 1.807) is 23.9 Å². The summed E-state index contributed by atoms with van der Waals surface area (Å²) in [5.41, 5.74) is 4.80. The van der Waals surface area contributed by atoms with Crippen LogP contribution in [0.4, 0.5) is 4.39 Å².